The zero-order valence-electron chi connectivity index (χ0n) is 12.7. The molecule has 0 aliphatic heterocycles. The van der Waals surface area contributed by atoms with Crippen LogP contribution in [-0.4, -0.2) is 36.5 Å². The molecule has 1 aromatic heterocycles. The zero-order valence-corrected chi connectivity index (χ0v) is 13.5. The number of nitrogens with one attached hydrogen (secondary N) is 1. The molecule has 0 bridgehead atoms. The van der Waals surface area contributed by atoms with Gasteiger partial charge in [-0.1, -0.05) is 11.6 Å². The zero-order chi connectivity index (χ0) is 16.8. The molecule has 0 aliphatic carbocycles. The number of amides is 1. The lowest BCUT2D eigenvalue weighted by molar-refractivity contribution is 0.101. The van der Waals surface area contributed by atoms with Crippen molar-refractivity contribution >= 4 is 23.2 Å². The third kappa shape index (κ3) is 4.30. The lowest BCUT2D eigenvalue weighted by atomic mass is 10.3. The van der Waals surface area contributed by atoms with Gasteiger partial charge >= 0.3 is 0 Å². The Morgan fingerprint density at radius 1 is 1.30 bits per heavy atom. The van der Waals surface area contributed by atoms with E-state index in [4.69, 9.17) is 21.1 Å². The monoisotopic (exact) mass is 337 g/mol. The van der Waals surface area contributed by atoms with E-state index in [1.165, 1.54) is 31.0 Å². The van der Waals surface area contributed by atoms with Gasteiger partial charge in [-0.15, -0.1) is 0 Å². The lowest BCUT2D eigenvalue weighted by Gasteiger charge is -2.09. The van der Waals surface area contributed by atoms with Gasteiger partial charge in [0.15, 0.2) is 0 Å². The second kappa shape index (κ2) is 7.75. The van der Waals surface area contributed by atoms with E-state index >= 15 is 0 Å². The minimum atomic E-state index is -0.447. The van der Waals surface area contributed by atoms with Crippen molar-refractivity contribution in [3.05, 3.63) is 51.4 Å². The van der Waals surface area contributed by atoms with Crippen LogP contribution in [0.3, 0.4) is 0 Å². The fraction of sp³-hybridized carbons (Fsp3) is 0.267. The molecule has 2 rings (SSSR count). The van der Waals surface area contributed by atoms with E-state index in [0.29, 0.717) is 23.1 Å². The summed E-state index contributed by atoms with van der Waals surface area (Å²) < 4.78 is 11.1. The number of benzene rings is 1. The van der Waals surface area contributed by atoms with Crippen molar-refractivity contribution in [1.29, 1.82) is 0 Å². The number of rotatable bonds is 6. The van der Waals surface area contributed by atoms with Crippen LogP contribution in [0.25, 0.3) is 0 Å². The van der Waals surface area contributed by atoms with Crippen LogP contribution in [0.1, 0.15) is 10.5 Å². The Hall–Kier alpha value is -2.38. The van der Waals surface area contributed by atoms with Gasteiger partial charge in [0.25, 0.3) is 11.5 Å². The first-order chi connectivity index (χ1) is 11.0. The van der Waals surface area contributed by atoms with Crippen molar-refractivity contribution in [3.8, 4) is 5.75 Å². The minimum absolute atomic E-state index is 0.118. The summed E-state index contributed by atoms with van der Waals surface area (Å²) in [6, 6.07) is 7.53. The third-order valence-electron chi connectivity index (χ3n) is 3.02. The minimum Gasteiger partial charge on any atom is -0.495 e. The van der Waals surface area contributed by atoms with E-state index in [2.05, 4.69) is 10.4 Å². The molecular weight excluding hydrogens is 322 g/mol. The van der Waals surface area contributed by atoms with E-state index in [1.807, 2.05) is 0 Å². The number of hydrogen-bond acceptors (Lipinski definition) is 5. The molecule has 0 saturated carbocycles. The molecule has 122 valence electrons. The molecule has 23 heavy (non-hydrogen) atoms. The molecule has 2 aromatic rings. The highest BCUT2D eigenvalue weighted by Gasteiger charge is 2.11. The van der Waals surface area contributed by atoms with E-state index in [0.717, 1.165) is 0 Å². The molecule has 7 nitrogen and oxygen atoms in total. The smallest absolute Gasteiger partial charge is 0.276 e. The molecule has 1 N–H and O–H groups in total. The summed E-state index contributed by atoms with van der Waals surface area (Å²) in [4.78, 5) is 23.9. The van der Waals surface area contributed by atoms with Crippen molar-refractivity contribution in [3.63, 3.8) is 0 Å². The summed E-state index contributed by atoms with van der Waals surface area (Å²) in [5.41, 5.74) is 0.316. The van der Waals surface area contributed by atoms with Gasteiger partial charge in [0, 0.05) is 18.9 Å². The number of ether oxygens (including phenoxy) is 2. The van der Waals surface area contributed by atoms with Crippen LogP contribution in [0.4, 0.5) is 5.69 Å². The molecule has 0 fully saturated rings. The van der Waals surface area contributed by atoms with Crippen molar-refractivity contribution in [2.24, 2.45) is 0 Å². The second-order valence-electron chi connectivity index (χ2n) is 4.58. The fourth-order valence-electron chi connectivity index (χ4n) is 1.85. The number of aromatic nitrogens is 2. The van der Waals surface area contributed by atoms with Crippen LogP contribution in [-0.2, 0) is 11.3 Å². The highest BCUT2D eigenvalue weighted by Crippen LogP contribution is 2.27. The van der Waals surface area contributed by atoms with Gasteiger partial charge in [-0.2, -0.15) is 5.10 Å². The SMILES string of the molecule is COCCn1nc(C(=O)Nc2ccc(OC)c(Cl)c2)ccc1=O. The lowest BCUT2D eigenvalue weighted by Crippen LogP contribution is -2.27. The number of nitrogens with zero attached hydrogens (tertiary/aromatic N) is 2. The molecule has 0 unspecified atom stereocenters. The van der Waals surface area contributed by atoms with Gasteiger partial charge in [-0.05, 0) is 24.3 Å². The summed E-state index contributed by atoms with van der Waals surface area (Å²) in [7, 11) is 3.03. The normalized spacial score (nSPS) is 10.4. The van der Waals surface area contributed by atoms with Crippen LogP contribution in [0.2, 0.25) is 5.02 Å². The summed E-state index contributed by atoms with van der Waals surface area (Å²) >= 11 is 6.01. The van der Waals surface area contributed by atoms with Gasteiger partial charge in [0.2, 0.25) is 0 Å². The van der Waals surface area contributed by atoms with Crippen molar-refractivity contribution in [2.45, 2.75) is 6.54 Å². The molecule has 1 amide bonds. The standard InChI is InChI=1S/C15H16ClN3O4/c1-22-8-7-19-14(20)6-4-12(18-19)15(21)17-10-3-5-13(23-2)11(16)9-10/h3-6,9H,7-8H2,1-2H3,(H,17,21). The van der Waals surface area contributed by atoms with Crippen LogP contribution >= 0.6 is 11.6 Å². The van der Waals surface area contributed by atoms with Gasteiger partial charge in [0.05, 0.1) is 25.3 Å². The highest BCUT2D eigenvalue weighted by atomic mass is 35.5. The summed E-state index contributed by atoms with van der Waals surface area (Å²) in [5.74, 6) is 0.0632. The van der Waals surface area contributed by atoms with Crippen LogP contribution in [0.15, 0.2) is 35.1 Å². The van der Waals surface area contributed by atoms with Crippen molar-refractivity contribution in [2.75, 3.05) is 26.1 Å². The maximum absolute atomic E-state index is 12.2. The molecule has 8 heteroatoms. The van der Waals surface area contributed by atoms with Crippen LogP contribution in [0, 0.1) is 0 Å². The summed E-state index contributed by atoms with van der Waals surface area (Å²) in [6.45, 7) is 0.594. The fourth-order valence-corrected chi connectivity index (χ4v) is 2.10. The predicted molar refractivity (Wildman–Crippen MR) is 86.3 cm³/mol. The molecule has 0 spiro atoms. The maximum atomic E-state index is 12.2. The topological polar surface area (TPSA) is 82.5 Å². The Kier molecular flexibility index (Phi) is 5.72. The first-order valence-corrected chi connectivity index (χ1v) is 7.15. The van der Waals surface area contributed by atoms with Crippen LogP contribution < -0.4 is 15.6 Å². The van der Waals surface area contributed by atoms with E-state index in [1.54, 1.807) is 18.2 Å². The number of hydrogen-bond donors (Lipinski definition) is 1. The Balaban J connectivity index is 2.17. The van der Waals surface area contributed by atoms with Crippen molar-refractivity contribution < 1.29 is 14.3 Å². The van der Waals surface area contributed by atoms with Gasteiger partial charge in [-0.3, -0.25) is 9.59 Å². The first kappa shape index (κ1) is 17.0. The predicted octanol–water partition coefficient (Wildman–Crippen LogP) is 1.80. The van der Waals surface area contributed by atoms with E-state index in [-0.39, 0.29) is 17.8 Å². The largest absolute Gasteiger partial charge is 0.495 e. The molecule has 0 saturated heterocycles. The Labute approximate surface area is 137 Å². The average Bonchev–Trinajstić information content (AvgIpc) is 2.54. The van der Waals surface area contributed by atoms with Gasteiger partial charge < -0.3 is 14.8 Å². The number of methoxy groups -OCH3 is 2. The number of halogens is 1. The second-order valence-corrected chi connectivity index (χ2v) is 4.98. The number of anilines is 1. The number of carbonyl (C=O) groups is 1. The van der Waals surface area contributed by atoms with Gasteiger partial charge in [-0.25, -0.2) is 4.68 Å². The molecule has 0 atom stereocenters. The van der Waals surface area contributed by atoms with Crippen LogP contribution in [0.5, 0.6) is 5.75 Å². The third-order valence-corrected chi connectivity index (χ3v) is 3.31. The Morgan fingerprint density at radius 3 is 2.74 bits per heavy atom. The van der Waals surface area contributed by atoms with E-state index in [9.17, 15) is 9.59 Å². The average molecular weight is 338 g/mol. The summed E-state index contributed by atoms with van der Waals surface area (Å²) in [5, 5.41) is 7.06. The molecule has 0 radical (unpaired) electrons. The molecule has 1 aromatic carbocycles. The Bertz CT molecular complexity index is 761. The molecule has 1 heterocycles. The quantitative estimate of drug-likeness (QED) is 0.869. The maximum Gasteiger partial charge on any atom is 0.276 e. The molecule has 0 aliphatic rings. The summed E-state index contributed by atoms with van der Waals surface area (Å²) in [6.07, 6.45) is 0. The Morgan fingerprint density at radius 2 is 2.09 bits per heavy atom. The van der Waals surface area contributed by atoms with Gasteiger partial charge in [0.1, 0.15) is 11.4 Å². The molecular formula is C15H16ClN3O4. The highest BCUT2D eigenvalue weighted by molar-refractivity contribution is 6.32. The number of carbonyl (C=O) groups excluding carboxylic acids is 1. The van der Waals surface area contributed by atoms with E-state index < -0.39 is 5.91 Å². The van der Waals surface area contributed by atoms with Crippen molar-refractivity contribution in [1.82, 2.24) is 9.78 Å². The first-order valence-electron chi connectivity index (χ1n) is 6.77.